The maximum absolute atomic E-state index is 5.50. The minimum Gasteiger partial charge on any atom is -0.495 e. The van der Waals surface area contributed by atoms with Gasteiger partial charge < -0.3 is 19.8 Å². The van der Waals surface area contributed by atoms with Gasteiger partial charge in [-0.05, 0) is 25.0 Å². The number of ether oxygens (including phenoxy) is 2. The van der Waals surface area contributed by atoms with E-state index in [1.54, 1.807) is 7.11 Å². The molecule has 1 aliphatic heterocycles. The number of hydrogen-bond donors (Lipinski definition) is 2. The lowest BCUT2D eigenvalue weighted by molar-refractivity contribution is 0.150. The van der Waals surface area contributed by atoms with E-state index >= 15 is 0 Å². The van der Waals surface area contributed by atoms with Gasteiger partial charge in [-0.15, -0.1) is 0 Å². The predicted octanol–water partition coefficient (Wildman–Crippen LogP) is 2.54. The molecule has 0 aliphatic carbocycles. The molecule has 0 spiro atoms. The number of aryl methyl sites for hydroxylation is 1. The SMILES string of the molecule is COc1cccc2c(C)c(C3CCOCCN3)[nH]c12. The van der Waals surface area contributed by atoms with Crippen molar-refractivity contribution in [1.29, 1.82) is 0 Å². The molecular formula is C15H20N2O2. The average Bonchev–Trinajstić information content (AvgIpc) is 2.65. The quantitative estimate of drug-likeness (QED) is 0.872. The van der Waals surface area contributed by atoms with Crippen molar-refractivity contribution in [3.63, 3.8) is 0 Å². The van der Waals surface area contributed by atoms with Crippen LogP contribution in [0.3, 0.4) is 0 Å². The summed E-state index contributed by atoms with van der Waals surface area (Å²) < 4.78 is 10.9. The Labute approximate surface area is 113 Å². The summed E-state index contributed by atoms with van der Waals surface area (Å²) in [7, 11) is 1.71. The molecule has 2 aromatic rings. The molecule has 3 rings (SSSR count). The Bertz CT molecular complexity index is 569. The number of fused-ring (bicyclic) bond motifs is 1. The summed E-state index contributed by atoms with van der Waals surface area (Å²) in [4.78, 5) is 3.54. The summed E-state index contributed by atoms with van der Waals surface area (Å²) in [5.41, 5.74) is 3.64. The highest BCUT2D eigenvalue weighted by atomic mass is 16.5. The monoisotopic (exact) mass is 260 g/mol. The summed E-state index contributed by atoms with van der Waals surface area (Å²) in [5.74, 6) is 0.900. The molecule has 0 amide bonds. The van der Waals surface area contributed by atoms with E-state index in [0.717, 1.165) is 37.4 Å². The highest BCUT2D eigenvalue weighted by Crippen LogP contribution is 2.32. The van der Waals surface area contributed by atoms with E-state index in [-0.39, 0.29) is 0 Å². The third-order valence-electron chi connectivity index (χ3n) is 3.85. The Balaban J connectivity index is 2.06. The maximum atomic E-state index is 5.50. The van der Waals surface area contributed by atoms with E-state index in [1.807, 2.05) is 12.1 Å². The molecule has 4 heteroatoms. The summed E-state index contributed by atoms with van der Waals surface area (Å²) in [6.45, 7) is 4.67. The van der Waals surface area contributed by atoms with Crippen LogP contribution < -0.4 is 10.1 Å². The number of aromatic nitrogens is 1. The van der Waals surface area contributed by atoms with E-state index in [2.05, 4.69) is 23.3 Å². The van der Waals surface area contributed by atoms with Crippen LogP contribution in [-0.2, 0) is 4.74 Å². The smallest absolute Gasteiger partial charge is 0.142 e. The van der Waals surface area contributed by atoms with Gasteiger partial charge in [0.25, 0.3) is 0 Å². The summed E-state index contributed by atoms with van der Waals surface area (Å²) in [5, 5.41) is 4.78. The second-order valence-corrected chi connectivity index (χ2v) is 4.95. The van der Waals surface area contributed by atoms with Crippen LogP contribution in [0.4, 0.5) is 0 Å². The number of hydrogen-bond acceptors (Lipinski definition) is 3. The van der Waals surface area contributed by atoms with Gasteiger partial charge in [-0.1, -0.05) is 12.1 Å². The highest BCUT2D eigenvalue weighted by Gasteiger charge is 2.20. The topological polar surface area (TPSA) is 46.3 Å². The first-order chi connectivity index (χ1) is 9.31. The van der Waals surface area contributed by atoms with Gasteiger partial charge in [0.2, 0.25) is 0 Å². The van der Waals surface area contributed by atoms with E-state index in [0.29, 0.717) is 6.04 Å². The van der Waals surface area contributed by atoms with Gasteiger partial charge in [0, 0.05) is 30.3 Å². The van der Waals surface area contributed by atoms with Crippen LogP contribution in [0.25, 0.3) is 10.9 Å². The number of nitrogens with one attached hydrogen (secondary N) is 2. The number of benzene rings is 1. The molecular weight excluding hydrogens is 240 g/mol. The van der Waals surface area contributed by atoms with Crippen LogP contribution in [0, 0.1) is 6.92 Å². The van der Waals surface area contributed by atoms with E-state index in [1.165, 1.54) is 16.6 Å². The van der Waals surface area contributed by atoms with Crippen molar-refractivity contribution in [2.24, 2.45) is 0 Å². The lowest BCUT2D eigenvalue weighted by atomic mass is 10.1. The third-order valence-corrected chi connectivity index (χ3v) is 3.85. The van der Waals surface area contributed by atoms with Gasteiger partial charge >= 0.3 is 0 Å². The zero-order valence-corrected chi connectivity index (χ0v) is 11.5. The van der Waals surface area contributed by atoms with Crippen molar-refractivity contribution in [3.05, 3.63) is 29.5 Å². The normalized spacial score (nSPS) is 20.4. The van der Waals surface area contributed by atoms with Gasteiger partial charge in [-0.25, -0.2) is 0 Å². The molecule has 1 aromatic heterocycles. The van der Waals surface area contributed by atoms with Crippen LogP contribution in [0.1, 0.15) is 23.7 Å². The second-order valence-electron chi connectivity index (χ2n) is 4.95. The molecule has 1 unspecified atom stereocenters. The fourth-order valence-electron chi connectivity index (χ4n) is 2.82. The van der Waals surface area contributed by atoms with Gasteiger partial charge in [0.05, 0.1) is 19.2 Å². The number of methoxy groups -OCH3 is 1. The van der Waals surface area contributed by atoms with Crippen molar-refractivity contribution in [3.8, 4) is 5.75 Å². The summed E-state index contributed by atoms with van der Waals surface area (Å²) >= 11 is 0. The molecule has 0 radical (unpaired) electrons. The van der Waals surface area contributed by atoms with Gasteiger partial charge in [-0.2, -0.15) is 0 Å². The first-order valence-corrected chi connectivity index (χ1v) is 6.77. The summed E-state index contributed by atoms with van der Waals surface area (Å²) in [6.07, 6.45) is 0.996. The van der Waals surface area contributed by atoms with Crippen molar-refractivity contribution in [2.45, 2.75) is 19.4 Å². The van der Waals surface area contributed by atoms with Gasteiger partial charge in [-0.3, -0.25) is 0 Å². The zero-order chi connectivity index (χ0) is 13.2. The average molecular weight is 260 g/mol. The standard InChI is InChI=1S/C15H20N2O2/c1-10-11-4-3-5-13(18-2)15(11)17-14(10)12-6-8-19-9-7-16-12/h3-5,12,16-17H,6-9H2,1-2H3. The molecule has 19 heavy (non-hydrogen) atoms. The van der Waals surface area contributed by atoms with Crippen LogP contribution in [-0.4, -0.2) is 31.9 Å². The van der Waals surface area contributed by atoms with Crippen molar-refractivity contribution < 1.29 is 9.47 Å². The number of H-pyrrole nitrogens is 1. The summed E-state index contributed by atoms with van der Waals surface area (Å²) in [6, 6.07) is 6.50. The molecule has 2 N–H and O–H groups in total. The molecule has 1 aromatic carbocycles. The molecule has 1 aliphatic rings. The predicted molar refractivity (Wildman–Crippen MR) is 75.8 cm³/mol. The minimum absolute atomic E-state index is 0.333. The van der Waals surface area contributed by atoms with Crippen LogP contribution in [0.5, 0.6) is 5.75 Å². The molecule has 1 saturated heterocycles. The largest absolute Gasteiger partial charge is 0.495 e. The van der Waals surface area contributed by atoms with Crippen LogP contribution in [0.2, 0.25) is 0 Å². The van der Waals surface area contributed by atoms with E-state index < -0.39 is 0 Å². The lowest BCUT2D eigenvalue weighted by Gasteiger charge is -2.14. The van der Waals surface area contributed by atoms with Crippen LogP contribution in [0.15, 0.2) is 18.2 Å². The zero-order valence-electron chi connectivity index (χ0n) is 11.5. The molecule has 1 fully saturated rings. The first kappa shape index (κ1) is 12.5. The minimum atomic E-state index is 0.333. The Morgan fingerprint density at radius 1 is 1.32 bits per heavy atom. The molecule has 102 valence electrons. The fraction of sp³-hybridized carbons (Fsp3) is 0.467. The van der Waals surface area contributed by atoms with Crippen LogP contribution >= 0.6 is 0 Å². The van der Waals surface area contributed by atoms with Crippen molar-refractivity contribution in [1.82, 2.24) is 10.3 Å². The van der Waals surface area contributed by atoms with Crippen molar-refractivity contribution in [2.75, 3.05) is 26.9 Å². The first-order valence-electron chi connectivity index (χ1n) is 6.77. The molecule has 0 bridgehead atoms. The molecule has 2 heterocycles. The fourth-order valence-corrected chi connectivity index (χ4v) is 2.82. The van der Waals surface area contributed by atoms with Gasteiger partial charge in [0.1, 0.15) is 5.75 Å². The Kier molecular flexibility index (Phi) is 3.44. The number of para-hydroxylation sites is 1. The highest BCUT2D eigenvalue weighted by molar-refractivity contribution is 5.89. The molecule has 0 saturated carbocycles. The molecule has 4 nitrogen and oxygen atoms in total. The number of aromatic amines is 1. The maximum Gasteiger partial charge on any atom is 0.142 e. The third kappa shape index (κ3) is 2.22. The number of rotatable bonds is 2. The Hall–Kier alpha value is -1.52. The van der Waals surface area contributed by atoms with Crippen molar-refractivity contribution >= 4 is 10.9 Å². The van der Waals surface area contributed by atoms with Gasteiger partial charge in [0.15, 0.2) is 0 Å². The second kappa shape index (κ2) is 5.23. The Morgan fingerprint density at radius 2 is 2.21 bits per heavy atom. The Morgan fingerprint density at radius 3 is 3.05 bits per heavy atom. The van der Waals surface area contributed by atoms with E-state index in [4.69, 9.17) is 9.47 Å². The molecule has 1 atom stereocenters. The lowest BCUT2D eigenvalue weighted by Crippen LogP contribution is -2.22. The van der Waals surface area contributed by atoms with E-state index in [9.17, 15) is 0 Å².